The minimum atomic E-state index is 0.276. The highest BCUT2D eigenvalue weighted by Gasteiger charge is 2.20. The van der Waals surface area contributed by atoms with Crippen LogP contribution in [0.15, 0.2) is 18.2 Å². The molecule has 3 heteroatoms. The number of halogens is 1. The molecule has 0 radical (unpaired) electrons. The number of hydrogen-bond acceptors (Lipinski definition) is 1. The minimum Gasteiger partial charge on any atom is -0.497 e. The number of ether oxygens (including phenoxy) is 1. The average molecular weight is 236 g/mol. The number of aryl methyl sites for hydroxylation is 1. The number of benzene rings is 1. The standard InChI is InChI=1S/C13H14ClNO/c1-16-9-3-5-13-11(7-9)10-6-8(14)2-4-12(10)15-13/h3,5,7-8,15H,2,4,6H2,1H3/t8-/m0/s1. The van der Waals surface area contributed by atoms with Crippen LogP contribution in [0.2, 0.25) is 0 Å². The Bertz CT molecular complexity index is 532. The zero-order valence-corrected chi connectivity index (χ0v) is 9.97. The predicted octanol–water partition coefficient (Wildman–Crippen LogP) is 3.27. The molecule has 0 bridgehead atoms. The molecule has 1 aliphatic carbocycles. The highest BCUT2D eigenvalue weighted by molar-refractivity contribution is 6.21. The third-order valence-electron chi connectivity index (χ3n) is 3.33. The number of alkyl halides is 1. The van der Waals surface area contributed by atoms with Crippen LogP contribution >= 0.6 is 11.6 Å². The summed E-state index contributed by atoms with van der Waals surface area (Å²) >= 11 is 6.23. The van der Waals surface area contributed by atoms with Crippen LogP contribution in [0.25, 0.3) is 10.9 Å². The molecule has 3 rings (SSSR count). The average Bonchev–Trinajstić information content (AvgIpc) is 2.66. The molecule has 0 saturated heterocycles. The molecule has 0 aliphatic heterocycles. The number of rotatable bonds is 1. The van der Waals surface area contributed by atoms with Gasteiger partial charge in [0.25, 0.3) is 0 Å². The van der Waals surface area contributed by atoms with E-state index in [-0.39, 0.29) is 5.38 Å². The zero-order valence-electron chi connectivity index (χ0n) is 9.22. The van der Waals surface area contributed by atoms with Crippen molar-refractivity contribution in [1.82, 2.24) is 4.98 Å². The van der Waals surface area contributed by atoms with E-state index in [1.807, 2.05) is 6.07 Å². The first-order chi connectivity index (χ1) is 7.78. The summed E-state index contributed by atoms with van der Waals surface area (Å²) in [5, 5.41) is 1.54. The van der Waals surface area contributed by atoms with E-state index >= 15 is 0 Å². The zero-order chi connectivity index (χ0) is 11.1. The molecule has 2 nitrogen and oxygen atoms in total. The molecule has 0 spiro atoms. The van der Waals surface area contributed by atoms with E-state index in [9.17, 15) is 0 Å². The summed E-state index contributed by atoms with van der Waals surface area (Å²) in [6.45, 7) is 0. The van der Waals surface area contributed by atoms with Gasteiger partial charge in [-0.15, -0.1) is 11.6 Å². The summed E-state index contributed by atoms with van der Waals surface area (Å²) in [7, 11) is 1.70. The highest BCUT2D eigenvalue weighted by atomic mass is 35.5. The third kappa shape index (κ3) is 1.49. The van der Waals surface area contributed by atoms with Crippen LogP contribution in [-0.2, 0) is 12.8 Å². The van der Waals surface area contributed by atoms with E-state index in [0.717, 1.165) is 25.0 Å². The molecule has 0 unspecified atom stereocenters. The maximum atomic E-state index is 6.23. The molecule has 2 aromatic rings. The molecule has 1 aromatic carbocycles. The topological polar surface area (TPSA) is 25.0 Å². The Morgan fingerprint density at radius 2 is 2.31 bits per heavy atom. The first-order valence-corrected chi connectivity index (χ1v) is 6.03. The van der Waals surface area contributed by atoms with Gasteiger partial charge in [0, 0.05) is 22.0 Å². The van der Waals surface area contributed by atoms with E-state index in [1.165, 1.54) is 22.2 Å². The van der Waals surface area contributed by atoms with Gasteiger partial charge in [-0.3, -0.25) is 0 Å². The lowest BCUT2D eigenvalue weighted by Gasteiger charge is -2.16. The van der Waals surface area contributed by atoms with Crippen molar-refractivity contribution >= 4 is 22.5 Å². The number of H-pyrrole nitrogens is 1. The molecule has 1 aliphatic rings. The monoisotopic (exact) mass is 235 g/mol. The van der Waals surface area contributed by atoms with Crippen LogP contribution in [0.5, 0.6) is 5.75 Å². The Morgan fingerprint density at radius 3 is 3.12 bits per heavy atom. The first-order valence-electron chi connectivity index (χ1n) is 5.59. The molecule has 84 valence electrons. The lowest BCUT2D eigenvalue weighted by molar-refractivity contribution is 0.415. The van der Waals surface area contributed by atoms with Crippen LogP contribution in [0.4, 0.5) is 0 Å². The lowest BCUT2D eigenvalue weighted by atomic mass is 9.95. The van der Waals surface area contributed by atoms with Gasteiger partial charge in [0.15, 0.2) is 0 Å². The van der Waals surface area contributed by atoms with Crippen molar-refractivity contribution in [1.29, 1.82) is 0 Å². The molecule has 1 aromatic heterocycles. The summed E-state index contributed by atoms with van der Waals surface area (Å²) < 4.78 is 5.26. The maximum Gasteiger partial charge on any atom is 0.119 e. The van der Waals surface area contributed by atoms with Gasteiger partial charge in [-0.05, 0) is 43.0 Å². The molecule has 0 fully saturated rings. The van der Waals surface area contributed by atoms with Gasteiger partial charge < -0.3 is 9.72 Å². The number of nitrogens with one attached hydrogen (secondary N) is 1. The highest BCUT2D eigenvalue weighted by Crippen LogP contribution is 2.32. The lowest BCUT2D eigenvalue weighted by Crippen LogP contribution is -2.12. The third-order valence-corrected chi connectivity index (χ3v) is 3.71. The number of hydrogen-bond donors (Lipinski definition) is 1. The largest absolute Gasteiger partial charge is 0.497 e. The smallest absolute Gasteiger partial charge is 0.119 e. The Balaban J connectivity index is 2.20. The second-order valence-electron chi connectivity index (χ2n) is 4.33. The summed E-state index contributed by atoms with van der Waals surface area (Å²) in [5.74, 6) is 0.908. The maximum absolute atomic E-state index is 6.23. The number of aromatic nitrogens is 1. The summed E-state index contributed by atoms with van der Waals surface area (Å²) in [5.41, 5.74) is 3.91. The van der Waals surface area contributed by atoms with Gasteiger partial charge in [-0.2, -0.15) is 0 Å². The van der Waals surface area contributed by atoms with E-state index in [2.05, 4.69) is 17.1 Å². The van der Waals surface area contributed by atoms with Gasteiger partial charge >= 0.3 is 0 Å². The Morgan fingerprint density at radius 1 is 1.44 bits per heavy atom. The summed E-state index contributed by atoms with van der Waals surface area (Å²) in [4.78, 5) is 3.47. The van der Waals surface area contributed by atoms with Crippen molar-refractivity contribution in [3.05, 3.63) is 29.5 Å². The number of methoxy groups -OCH3 is 1. The van der Waals surface area contributed by atoms with Gasteiger partial charge in [-0.25, -0.2) is 0 Å². The summed E-state index contributed by atoms with van der Waals surface area (Å²) in [6.07, 6.45) is 3.09. The van der Waals surface area contributed by atoms with E-state index < -0.39 is 0 Å². The second kappa shape index (κ2) is 3.70. The van der Waals surface area contributed by atoms with Crippen LogP contribution in [0.3, 0.4) is 0 Å². The van der Waals surface area contributed by atoms with Crippen molar-refractivity contribution in [3.63, 3.8) is 0 Å². The molecule has 1 N–H and O–H groups in total. The molecule has 16 heavy (non-hydrogen) atoms. The number of aromatic amines is 1. The normalized spacial score (nSPS) is 19.8. The Kier molecular flexibility index (Phi) is 2.32. The van der Waals surface area contributed by atoms with Crippen molar-refractivity contribution in [2.75, 3.05) is 7.11 Å². The van der Waals surface area contributed by atoms with Crippen molar-refractivity contribution in [2.45, 2.75) is 24.6 Å². The molecular formula is C13H14ClNO. The first kappa shape index (κ1) is 10.0. The molecular weight excluding hydrogens is 222 g/mol. The van der Waals surface area contributed by atoms with Gasteiger partial charge in [0.05, 0.1) is 7.11 Å². The molecule has 1 heterocycles. The Hall–Kier alpha value is -1.15. The second-order valence-corrected chi connectivity index (χ2v) is 4.95. The SMILES string of the molecule is COc1ccc2[nH]c3c(c2c1)C[C@@H](Cl)CC3. The fourth-order valence-electron chi connectivity index (χ4n) is 2.48. The quantitative estimate of drug-likeness (QED) is 0.754. The summed E-state index contributed by atoms with van der Waals surface area (Å²) in [6, 6.07) is 6.16. The number of fused-ring (bicyclic) bond motifs is 3. The Labute approximate surface area is 99.6 Å². The van der Waals surface area contributed by atoms with Gasteiger partial charge in [0.1, 0.15) is 5.75 Å². The van der Waals surface area contributed by atoms with E-state index in [1.54, 1.807) is 7.11 Å². The van der Waals surface area contributed by atoms with Crippen LogP contribution in [0.1, 0.15) is 17.7 Å². The van der Waals surface area contributed by atoms with Crippen molar-refractivity contribution in [2.24, 2.45) is 0 Å². The van der Waals surface area contributed by atoms with Crippen LogP contribution in [0, 0.1) is 0 Å². The predicted molar refractivity (Wildman–Crippen MR) is 66.5 cm³/mol. The fraction of sp³-hybridized carbons (Fsp3) is 0.385. The molecule has 0 saturated carbocycles. The van der Waals surface area contributed by atoms with Gasteiger partial charge in [0.2, 0.25) is 0 Å². The van der Waals surface area contributed by atoms with Crippen molar-refractivity contribution in [3.8, 4) is 5.75 Å². The van der Waals surface area contributed by atoms with E-state index in [0.29, 0.717) is 0 Å². The molecule has 0 amide bonds. The van der Waals surface area contributed by atoms with Crippen molar-refractivity contribution < 1.29 is 4.74 Å². The van der Waals surface area contributed by atoms with E-state index in [4.69, 9.17) is 16.3 Å². The fourth-order valence-corrected chi connectivity index (χ4v) is 2.74. The van der Waals surface area contributed by atoms with Crippen LogP contribution in [-0.4, -0.2) is 17.5 Å². The van der Waals surface area contributed by atoms with Gasteiger partial charge in [-0.1, -0.05) is 0 Å². The minimum absolute atomic E-state index is 0.276. The van der Waals surface area contributed by atoms with Crippen LogP contribution < -0.4 is 4.74 Å². The molecule has 1 atom stereocenters.